The average Bonchev–Trinajstić information content (AvgIpc) is 2.42. The van der Waals surface area contributed by atoms with Crippen LogP contribution in [0.15, 0.2) is 30.3 Å². The molecule has 110 valence electrons. The third kappa shape index (κ3) is 4.99. The van der Waals surface area contributed by atoms with E-state index in [0.29, 0.717) is 6.42 Å². The number of benzene rings is 1. The summed E-state index contributed by atoms with van der Waals surface area (Å²) in [5.74, 6) is -1.70. The highest BCUT2D eigenvalue weighted by atomic mass is 16.4. The predicted molar refractivity (Wildman–Crippen MR) is 73.9 cm³/mol. The van der Waals surface area contributed by atoms with Crippen molar-refractivity contribution in [3.63, 3.8) is 0 Å². The van der Waals surface area contributed by atoms with Gasteiger partial charge in [0.2, 0.25) is 5.91 Å². The van der Waals surface area contributed by atoms with Gasteiger partial charge in [-0.15, -0.1) is 0 Å². The Morgan fingerprint density at radius 3 is 2.40 bits per heavy atom. The number of carboxylic acid groups (broad SMARTS) is 1. The molecule has 0 fully saturated rings. The molecule has 0 aromatic heterocycles. The molecule has 1 rings (SSSR count). The number of amides is 1. The van der Waals surface area contributed by atoms with Crippen molar-refractivity contribution < 1.29 is 19.8 Å². The molecule has 5 N–H and O–H groups in total. The minimum atomic E-state index is -1.30. The Balaban J connectivity index is 2.45. The molecule has 0 saturated carbocycles. The third-order valence-electron chi connectivity index (χ3n) is 2.98. The normalized spacial score (nSPS) is 15.2. The fourth-order valence-corrected chi connectivity index (χ4v) is 1.79. The maximum atomic E-state index is 11.7. The summed E-state index contributed by atoms with van der Waals surface area (Å²) in [5.41, 5.74) is 6.87. The molecule has 1 aromatic rings. The Morgan fingerprint density at radius 2 is 1.90 bits per heavy atom. The first-order valence-corrected chi connectivity index (χ1v) is 6.42. The summed E-state index contributed by atoms with van der Waals surface area (Å²) in [4.78, 5) is 22.5. The molecular formula is C14H20N2O4. The number of nitrogens with one attached hydrogen (secondary N) is 1. The van der Waals surface area contributed by atoms with Gasteiger partial charge in [-0.1, -0.05) is 30.3 Å². The van der Waals surface area contributed by atoms with E-state index >= 15 is 0 Å². The highest BCUT2D eigenvalue weighted by Crippen LogP contribution is 2.14. The van der Waals surface area contributed by atoms with Crippen LogP contribution in [0.4, 0.5) is 0 Å². The van der Waals surface area contributed by atoms with Crippen LogP contribution < -0.4 is 11.1 Å². The van der Waals surface area contributed by atoms with Crippen LogP contribution >= 0.6 is 0 Å². The van der Waals surface area contributed by atoms with Gasteiger partial charge in [-0.3, -0.25) is 4.79 Å². The molecule has 0 aliphatic heterocycles. The molecule has 0 heterocycles. The van der Waals surface area contributed by atoms with E-state index in [1.165, 1.54) is 6.92 Å². The van der Waals surface area contributed by atoms with E-state index in [1.807, 2.05) is 30.3 Å². The van der Waals surface area contributed by atoms with Crippen LogP contribution in [0.25, 0.3) is 0 Å². The van der Waals surface area contributed by atoms with E-state index in [-0.39, 0.29) is 12.5 Å². The number of hydrogen-bond donors (Lipinski definition) is 4. The van der Waals surface area contributed by atoms with Crippen LogP contribution in [0.5, 0.6) is 0 Å². The molecule has 0 spiro atoms. The van der Waals surface area contributed by atoms with Crippen LogP contribution in [-0.2, 0) is 9.59 Å². The van der Waals surface area contributed by atoms with Gasteiger partial charge in [-0.25, -0.2) is 4.79 Å². The predicted octanol–water partition coefficient (Wildman–Crippen LogP) is 0.417. The fourth-order valence-electron chi connectivity index (χ4n) is 1.79. The second kappa shape index (κ2) is 7.62. The van der Waals surface area contributed by atoms with Crippen LogP contribution in [0, 0.1) is 0 Å². The first-order chi connectivity index (χ1) is 9.41. The molecule has 0 bridgehead atoms. The van der Waals surface area contributed by atoms with Crippen LogP contribution in [-0.4, -0.2) is 34.2 Å². The number of carboxylic acids is 1. The number of carbonyl (C=O) groups excluding carboxylic acids is 1. The van der Waals surface area contributed by atoms with Crippen molar-refractivity contribution in [3.8, 4) is 0 Å². The zero-order chi connectivity index (χ0) is 15.1. The van der Waals surface area contributed by atoms with Gasteiger partial charge in [0.05, 0.1) is 6.10 Å². The lowest BCUT2D eigenvalue weighted by molar-refractivity contribution is -0.144. The Bertz CT molecular complexity index is 448. The number of nitrogens with two attached hydrogens (primary N) is 1. The zero-order valence-corrected chi connectivity index (χ0v) is 11.3. The summed E-state index contributed by atoms with van der Waals surface area (Å²) in [7, 11) is 0. The molecule has 6 heteroatoms. The maximum absolute atomic E-state index is 11.7. The van der Waals surface area contributed by atoms with E-state index in [2.05, 4.69) is 5.32 Å². The Kier molecular flexibility index (Phi) is 6.14. The molecule has 1 aromatic carbocycles. The molecule has 0 aliphatic rings. The number of aliphatic hydroxyl groups is 1. The smallest absolute Gasteiger partial charge is 0.328 e. The van der Waals surface area contributed by atoms with E-state index < -0.39 is 24.0 Å². The summed E-state index contributed by atoms with van der Waals surface area (Å²) in [6.07, 6.45) is -0.645. The lowest BCUT2D eigenvalue weighted by Gasteiger charge is -2.18. The maximum Gasteiger partial charge on any atom is 0.328 e. The van der Waals surface area contributed by atoms with Gasteiger partial charge >= 0.3 is 5.97 Å². The van der Waals surface area contributed by atoms with Crippen molar-refractivity contribution in [1.29, 1.82) is 0 Å². The fraction of sp³-hybridized carbons (Fsp3) is 0.429. The number of aliphatic hydroxyl groups excluding tert-OH is 1. The van der Waals surface area contributed by atoms with E-state index in [4.69, 9.17) is 10.8 Å². The quantitative estimate of drug-likeness (QED) is 0.578. The standard InChI is InChI=1S/C14H20N2O4/c1-9(17)13(14(19)20)16-12(18)8-7-11(15)10-5-3-2-4-6-10/h2-6,9,11,13,17H,7-8,15H2,1H3,(H,16,18)(H,19,20)/t9-,11?,13+/m1/s1. The first kappa shape index (κ1) is 16.1. The van der Waals surface area contributed by atoms with Gasteiger partial charge in [0.1, 0.15) is 0 Å². The van der Waals surface area contributed by atoms with Crippen molar-refractivity contribution in [2.24, 2.45) is 5.73 Å². The zero-order valence-electron chi connectivity index (χ0n) is 11.3. The molecule has 0 saturated heterocycles. The second-order valence-corrected chi connectivity index (χ2v) is 4.68. The summed E-state index contributed by atoms with van der Waals surface area (Å²) >= 11 is 0. The minimum absolute atomic E-state index is 0.104. The van der Waals surface area contributed by atoms with Crippen molar-refractivity contribution >= 4 is 11.9 Å². The van der Waals surface area contributed by atoms with Gasteiger partial charge in [0.25, 0.3) is 0 Å². The van der Waals surface area contributed by atoms with Crippen LogP contribution in [0.2, 0.25) is 0 Å². The molecular weight excluding hydrogens is 260 g/mol. The Morgan fingerprint density at radius 1 is 1.30 bits per heavy atom. The van der Waals surface area contributed by atoms with Crippen molar-refractivity contribution in [1.82, 2.24) is 5.32 Å². The lowest BCUT2D eigenvalue weighted by Crippen LogP contribution is -2.47. The molecule has 0 radical (unpaired) electrons. The summed E-state index contributed by atoms with van der Waals surface area (Å²) < 4.78 is 0. The average molecular weight is 280 g/mol. The topological polar surface area (TPSA) is 113 Å². The molecule has 0 aliphatic carbocycles. The van der Waals surface area contributed by atoms with Crippen LogP contribution in [0.3, 0.4) is 0 Å². The van der Waals surface area contributed by atoms with Crippen molar-refractivity contribution in [2.45, 2.75) is 38.0 Å². The van der Waals surface area contributed by atoms with Crippen molar-refractivity contribution in [3.05, 3.63) is 35.9 Å². The Hall–Kier alpha value is -1.92. The summed E-state index contributed by atoms with van der Waals surface area (Å²) in [6, 6.07) is 7.78. The highest BCUT2D eigenvalue weighted by molar-refractivity contribution is 5.83. The minimum Gasteiger partial charge on any atom is -0.480 e. The molecule has 20 heavy (non-hydrogen) atoms. The summed E-state index contributed by atoms with van der Waals surface area (Å²) in [5, 5.41) is 20.4. The lowest BCUT2D eigenvalue weighted by atomic mass is 10.0. The van der Waals surface area contributed by atoms with Crippen LogP contribution in [0.1, 0.15) is 31.4 Å². The highest BCUT2D eigenvalue weighted by Gasteiger charge is 2.24. The largest absolute Gasteiger partial charge is 0.480 e. The number of carbonyl (C=O) groups is 2. The van der Waals surface area contributed by atoms with E-state index in [1.54, 1.807) is 0 Å². The van der Waals surface area contributed by atoms with Gasteiger partial charge in [-0.05, 0) is 18.9 Å². The number of hydrogen-bond acceptors (Lipinski definition) is 4. The SMILES string of the molecule is C[C@@H](O)[C@H](NC(=O)CCC(N)c1ccccc1)C(=O)O. The second-order valence-electron chi connectivity index (χ2n) is 4.68. The van der Waals surface area contributed by atoms with Gasteiger partial charge in [0, 0.05) is 12.5 Å². The molecule has 6 nitrogen and oxygen atoms in total. The molecule has 1 amide bonds. The number of rotatable bonds is 7. The van der Waals surface area contributed by atoms with Gasteiger partial charge < -0.3 is 21.3 Å². The monoisotopic (exact) mass is 280 g/mol. The number of aliphatic carboxylic acids is 1. The van der Waals surface area contributed by atoms with Crippen molar-refractivity contribution in [2.75, 3.05) is 0 Å². The summed E-state index contributed by atoms with van der Waals surface area (Å²) in [6.45, 7) is 1.31. The first-order valence-electron chi connectivity index (χ1n) is 6.42. The Labute approximate surface area is 117 Å². The van der Waals surface area contributed by atoms with E-state index in [0.717, 1.165) is 5.56 Å². The van der Waals surface area contributed by atoms with Gasteiger partial charge in [0.15, 0.2) is 6.04 Å². The third-order valence-corrected chi connectivity index (χ3v) is 2.98. The molecule has 3 atom stereocenters. The van der Waals surface area contributed by atoms with Gasteiger partial charge in [-0.2, -0.15) is 0 Å². The molecule has 1 unspecified atom stereocenters. The van der Waals surface area contributed by atoms with E-state index in [9.17, 15) is 14.7 Å².